The van der Waals surface area contributed by atoms with Gasteiger partial charge in [0.15, 0.2) is 0 Å². The highest BCUT2D eigenvalue weighted by Gasteiger charge is 2.07. The molecular formula is C17H17NS2. The summed E-state index contributed by atoms with van der Waals surface area (Å²) < 4.78 is 0. The maximum Gasteiger partial charge on any atom is 0.0412 e. The van der Waals surface area contributed by atoms with Crippen LogP contribution in [0.4, 0.5) is 5.69 Å². The van der Waals surface area contributed by atoms with Gasteiger partial charge < -0.3 is 4.90 Å². The first-order chi connectivity index (χ1) is 9.81. The maximum atomic E-state index is 2.32. The van der Waals surface area contributed by atoms with E-state index in [4.69, 9.17) is 0 Å². The van der Waals surface area contributed by atoms with Crippen LogP contribution in [0.1, 0.15) is 5.56 Å². The van der Waals surface area contributed by atoms with E-state index in [1.807, 2.05) is 11.8 Å². The van der Waals surface area contributed by atoms with Crippen molar-refractivity contribution in [1.29, 1.82) is 0 Å². The molecule has 1 aromatic carbocycles. The summed E-state index contributed by atoms with van der Waals surface area (Å²) in [4.78, 5) is 3.65. The van der Waals surface area contributed by atoms with Gasteiger partial charge in [-0.05, 0) is 47.7 Å². The summed E-state index contributed by atoms with van der Waals surface area (Å²) in [5, 5.41) is 4.34. The summed E-state index contributed by atoms with van der Waals surface area (Å²) in [5.41, 5.74) is 3.98. The zero-order valence-electron chi connectivity index (χ0n) is 11.5. The Labute approximate surface area is 128 Å². The van der Waals surface area contributed by atoms with Crippen LogP contribution in [0.2, 0.25) is 0 Å². The Hall–Kier alpha value is -1.45. The standard InChI is InChI=1S/C17H17NS2/c1-14-3-2-4-16(11-14)18-8-5-15(6-9-18)12-20-17-7-10-19-13-17/h2-8,10-11,13H,9,12H2,1H3. The Balaban J connectivity index is 1.59. The van der Waals surface area contributed by atoms with Crippen LogP contribution in [0.5, 0.6) is 0 Å². The number of anilines is 1. The van der Waals surface area contributed by atoms with Crippen LogP contribution in [0, 0.1) is 6.92 Å². The summed E-state index contributed by atoms with van der Waals surface area (Å²) in [5.74, 6) is 1.05. The molecule has 1 aliphatic rings. The van der Waals surface area contributed by atoms with Crippen molar-refractivity contribution in [3.05, 3.63) is 70.6 Å². The van der Waals surface area contributed by atoms with Crippen LogP contribution in [0.3, 0.4) is 0 Å². The average Bonchev–Trinajstić information content (AvgIpc) is 2.99. The van der Waals surface area contributed by atoms with E-state index in [1.165, 1.54) is 21.7 Å². The van der Waals surface area contributed by atoms with Gasteiger partial charge in [-0.1, -0.05) is 18.2 Å². The van der Waals surface area contributed by atoms with Crippen LogP contribution >= 0.6 is 23.1 Å². The molecule has 1 nitrogen and oxygen atoms in total. The quantitative estimate of drug-likeness (QED) is 0.722. The van der Waals surface area contributed by atoms with E-state index in [9.17, 15) is 0 Å². The second-order valence-corrected chi connectivity index (χ2v) is 6.66. The highest BCUT2D eigenvalue weighted by Crippen LogP contribution is 2.25. The number of thioether (sulfide) groups is 1. The topological polar surface area (TPSA) is 3.24 Å². The van der Waals surface area contributed by atoms with E-state index in [0.717, 1.165) is 12.3 Å². The van der Waals surface area contributed by atoms with Gasteiger partial charge in [0.05, 0.1) is 0 Å². The first-order valence-corrected chi connectivity index (χ1v) is 8.60. The molecule has 2 aromatic rings. The minimum absolute atomic E-state index is 0.958. The third kappa shape index (κ3) is 3.35. The van der Waals surface area contributed by atoms with E-state index < -0.39 is 0 Å². The lowest BCUT2D eigenvalue weighted by Crippen LogP contribution is -2.19. The average molecular weight is 299 g/mol. The smallest absolute Gasteiger partial charge is 0.0412 e. The molecule has 20 heavy (non-hydrogen) atoms. The Morgan fingerprint density at radius 3 is 2.95 bits per heavy atom. The monoisotopic (exact) mass is 299 g/mol. The lowest BCUT2D eigenvalue weighted by atomic mass is 10.1. The second-order valence-electron chi connectivity index (χ2n) is 4.83. The van der Waals surface area contributed by atoms with Crippen LogP contribution in [-0.4, -0.2) is 12.3 Å². The van der Waals surface area contributed by atoms with Gasteiger partial charge in [0, 0.05) is 34.5 Å². The molecule has 1 aromatic heterocycles. The van der Waals surface area contributed by atoms with E-state index in [1.54, 1.807) is 11.3 Å². The van der Waals surface area contributed by atoms with Crippen LogP contribution in [0.25, 0.3) is 0 Å². The Bertz CT molecular complexity index is 626. The molecule has 0 bridgehead atoms. The molecule has 0 saturated heterocycles. The SMILES string of the molecule is Cc1cccc(N2C=CC(CSc3ccsc3)=CC2)c1. The molecule has 0 amide bonds. The van der Waals surface area contributed by atoms with Crippen molar-refractivity contribution in [2.45, 2.75) is 11.8 Å². The van der Waals surface area contributed by atoms with Gasteiger partial charge >= 0.3 is 0 Å². The molecular weight excluding hydrogens is 282 g/mol. The zero-order valence-corrected chi connectivity index (χ0v) is 13.1. The maximum absolute atomic E-state index is 2.32. The van der Waals surface area contributed by atoms with Crippen LogP contribution in [-0.2, 0) is 0 Å². The van der Waals surface area contributed by atoms with Crippen LogP contribution in [0.15, 0.2) is 69.9 Å². The molecule has 0 unspecified atom stereocenters. The Morgan fingerprint density at radius 1 is 1.30 bits per heavy atom. The number of aryl methyl sites for hydroxylation is 1. The van der Waals surface area contributed by atoms with Crippen molar-refractivity contribution in [2.24, 2.45) is 0 Å². The summed E-state index contributed by atoms with van der Waals surface area (Å²) >= 11 is 3.66. The molecule has 3 rings (SSSR count). The number of thiophene rings is 1. The molecule has 3 heteroatoms. The molecule has 0 atom stereocenters. The van der Waals surface area contributed by atoms with Crippen LogP contribution < -0.4 is 4.90 Å². The zero-order chi connectivity index (χ0) is 13.8. The molecule has 0 spiro atoms. The fourth-order valence-corrected chi connectivity index (χ4v) is 3.89. The molecule has 0 aliphatic carbocycles. The minimum Gasteiger partial charge on any atom is -0.344 e. The Kier molecular flexibility index (Phi) is 4.28. The molecule has 0 radical (unpaired) electrons. The number of rotatable bonds is 4. The molecule has 0 saturated carbocycles. The number of hydrogen-bond acceptors (Lipinski definition) is 3. The van der Waals surface area contributed by atoms with Crippen molar-refractivity contribution < 1.29 is 0 Å². The number of hydrogen-bond donors (Lipinski definition) is 0. The molecule has 0 N–H and O–H groups in total. The summed E-state index contributed by atoms with van der Waals surface area (Å²) in [6.45, 7) is 3.09. The van der Waals surface area contributed by atoms with Gasteiger partial charge in [-0.3, -0.25) is 0 Å². The summed E-state index contributed by atoms with van der Waals surface area (Å²) in [6.07, 6.45) is 6.74. The van der Waals surface area contributed by atoms with Crippen molar-refractivity contribution in [1.82, 2.24) is 0 Å². The van der Waals surface area contributed by atoms with E-state index in [2.05, 4.69) is 71.3 Å². The largest absolute Gasteiger partial charge is 0.344 e. The normalized spacial score (nSPS) is 14.4. The van der Waals surface area contributed by atoms with Crippen molar-refractivity contribution >= 4 is 28.8 Å². The number of nitrogens with zero attached hydrogens (tertiary/aromatic N) is 1. The van der Waals surface area contributed by atoms with Crippen molar-refractivity contribution in [3.63, 3.8) is 0 Å². The van der Waals surface area contributed by atoms with Gasteiger partial charge in [-0.2, -0.15) is 11.3 Å². The van der Waals surface area contributed by atoms with E-state index in [0.29, 0.717) is 0 Å². The predicted molar refractivity (Wildman–Crippen MR) is 90.8 cm³/mol. The minimum atomic E-state index is 0.958. The first kappa shape index (κ1) is 13.5. The second kappa shape index (κ2) is 6.33. The molecule has 102 valence electrons. The fraction of sp³-hybridized carbons (Fsp3) is 0.176. The molecule has 2 heterocycles. The van der Waals surface area contributed by atoms with Crippen molar-refractivity contribution in [3.8, 4) is 0 Å². The van der Waals surface area contributed by atoms with Gasteiger partial charge in [-0.15, -0.1) is 11.8 Å². The highest BCUT2D eigenvalue weighted by molar-refractivity contribution is 7.99. The lowest BCUT2D eigenvalue weighted by Gasteiger charge is -2.23. The van der Waals surface area contributed by atoms with E-state index in [-0.39, 0.29) is 0 Å². The van der Waals surface area contributed by atoms with Gasteiger partial charge in [0.2, 0.25) is 0 Å². The number of benzene rings is 1. The summed E-state index contributed by atoms with van der Waals surface area (Å²) in [7, 11) is 0. The third-order valence-corrected chi connectivity index (χ3v) is 5.15. The predicted octanol–water partition coefficient (Wildman–Crippen LogP) is 5.11. The summed E-state index contributed by atoms with van der Waals surface area (Å²) in [6, 6.07) is 10.8. The lowest BCUT2D eigenvalue weighted by molar-refractivity contribution is 1.05. The van der Waals surface area contributed by atoms with Gasteiger partial charge in [-0.25, -0.2) is 0 Å². The van der Waals surface area contributed by atoms with Gasteiger partial charge in [0.25, 0.3) is 0 Å². The molecule has 0 fully saturated rings. The third-order valence-electron chi connectivity index (χ3n) is 3.25. The fourth-order valence-electron chi connectivity index (χ4n) is 2.14. The molecule has 1 aliphatic heterocycles. The Morgan fingerprint density at radius 2 is 2.25 bits per heavy atom. The van der Waals surface area contributed by atoms with Crippen molar-refractivity contribution in [2.75, 3.05) is 17.2 Å². The highest BCUT2D eigenvalue weighted by atomic mass is 32.2. The van der Waals surface area contributed by atoms with E-state index >= 15 is 0 Å². The van der Waals surface area contributed by atoms with Gasteiger partial charge in [0.1, 0.15) is 0 Å². The first-order valence-electron chi connectivity index (χ1n) is 6.67. The number of allylic oxidation sites excluding steroid dienone is 1.